The maximum absolute atomic E-state index is 3.65. The topological polar surface area (TPSA) is 15.3 Å². The van der Waals surface area contributed by atoms with E-state index >= 15 is 0 Å². The lowest BCUT2D eigenvalue weighted by molar-refractivity contribution is 0.180. The molecule has 2 atom stereocenters. The quantitative estimate of drug-likeness (QED) is 0.853. The van der Waals surface area contributed by atoms with E-state index in [1.165, 1.54) is 48.8 Å². The van der Waals surface area contributed by atoms with Crippen LogP contribution in [0.3, 0.4) is 0 Å². The smallest absolute Gasteiger partial charge is 0.0195 e. The molecular formula is C17H25BrN2. The van der Waals surface area contributed by atoms with E-state index in [1.807, 2.05) is 0 Å². The van der Waals surface area contributed by atoms with Crippen molar-refractivity contribution in [1.29, 1.82) is 0 Å². The van der Waals surface area contributed by atoms with Gasteiger partial charge in [0, 0.05) is 29.1 Å². The summed E-state index contributed by atoms with van der Waals surface area (Å²) < 4.78 is 1.17. The van der Waals surface area contributed by atoms with Gasteiger partial charge in [-0.15, -0.1) is 0 Å². The van der Waals surface area contributed by atoms with Crippen LogP contribution in [0.15, 0.2) is 28.7 Å². The highest BCUT2D eigenvalue weighted by Gasteiger charge is 2.34. The molecule has 1 aliphatic carbocycles. The van der Waals surface area contributed by atoms with Gasteiger partial charge >= 0.3 is 0 Å². The lowest BCUT2D eigenvalue weighted by Crippen LogP contribution is -2.44. The highest BCUT2D eigenvalue weighted by Crippen LogP contribution is 2.30. The van der Waals surface area contributed by atoms with Crippen molar-refractivity contribution in [2.45, 2.75) is 57.2 Å². The molecule has 1 saturated carbocycles. The zero-order chi connectivity index (χ0) is 13.9. The lowest BCUT2D eigenvalue weighted by atomic mass is 10.0. The minimum Gasteiger partial charge on any atom is -0.313 e. The van der Waals surface area contributed by atoms with E-state index in [4.69, 9.17) is 0 Å². The van der Waals surface area contributed by atoms with Crippen LogP contribution in [0.4, 0.5) is 0 Å². The summed E-state index contributed by atoms with van der Waals surface area (Å²) in [6, 6.07) is 11.0. The van der Waals surface area contributed by atoms with Crippen LogP contribution in [0.2, 0.25) is 0 Å². The molecule has 3 heteroatoms. The van der Waals surface area contributed by atoms with Crippen molar-refractivity contribution in [3.05, 3.63) is 34.3 Å². The summed E-state index contributed by atoms with van der Waals surface area (Å²) in [6.45, 7) is 4.85. The van der Waals surface area contributed by atoms with Crippen LogP contribution in [0.5, 0.6) is 0 Å². The fourth-order valence-corrected chi connectivity index (χ4v) is 3.61. The minimum absolute atomic E-state index is 0.645. The van der Waals surface area contributed by atoms with E-state index in [9.17, 15) is 0 Å². The Labute approximate surface area is 131 Å². The third kappa shape index (κ3) is 3.84. The first-order valence-electron chi connectivity index (χ1n) is 7.96. The van der Waals surface area contributed by atoms with Gasteiger partial charge in [0.2, 0.25) is 0 Å². The largest absolute Gasteiger partial charge is 0.313 e. The van der Waals surface area contributed by atoms with Crippen LogP contribution in [-0.2, 0) is 6.42 Å². The second-order valence-corrected chi connectivity index (χ2v) is 7.32. The molecule has 1 N–H and O–H groups in total. The predicted octanol–water partition coefficient (Wildman–Crippen LogP) is 3.60. The highest BCUT2D eigenvalue weighted by atomic mass is 79.9. The molecule has 1 aromatic carbocycles. The maximum Gasteiger partial charge on any atom is 0.0195 e. The standard InChI is InChI=1S/C17H25BrN2/c1-13(11-14-4-6-15(18)7-5-14)20(17-8-9-17)12-16-3-2-10-19-16/h4-7,13,16-17,19H,2-3,8-12H2,1H3. The molecule has 2 aliphatic rings. The SMILES string of the molecule is CC(Cc1ccc(Br)cc1)N(CC1CCCN1)C1CC1. The molecule has 1 heterocycles. The number of benzene rings is 1. The molecule has 2 fully saturated rings. The number of hydrogen-bond donors (Lipinski definition) is 1. The normalized spacial score (nSPS) is 24.2. The fraction of sp³-hybridized carbons (Fsp3) is 0.647. The predicted molar refractivity (Wildman–Crippen MR) is 88.1 cm³/mol. The average molecular weight is 337 g/mol. The number of halogens is 1. The van der Waals surface area contributed by atoms with Gasteiger partial charge in [-0.3, -0.25) is 4.90 Å². The molecule has 0 bridgehead atoms. The molecule has 110 valence electrons. The van der Waals surface area contributed by atoms with Crippen LogP contribution in [0.25, 0.3) is 0 Å². The van der Waals surface area contributed by atoms with E-state index in [2.05, 4.69) is 57.3 Å². The number of nitrogens with zero attached hydrogens (tertiary/aromatic N) is 1. The summed E-state index contributed by atoms with van der Waals surface area (Å²) in [5, 5.41) is 3.65. The molecule has 1 aliphatic heterocycles. The number of nitrogens with one attached hydrogen (secondary N) is 1. The molecule has 0 aromatic heterocycles. The molecule has 2 nitrogen and oxygen atoms in total. The molecule has 0 spiro atoms. The summed E-state index contributed by atoms with van der Waals surface area (Å²) in [5.74, 6) is 0. The highest BCUT2D eigenvalue weighted by molar-refractivity contribution is 9.10. The summed E-state index contributed by atoms with van der Waals surface area (Å²) in [6.07, 6.45) is 6.67. The van der Waals surface area contributed by atoms with Crippen molar-refractivity contribution in [3.8, 4) is 0 Å². The van der Waals surface area contributed by atoms with E-state index in [0.717, 1.165) is 18.5 Å². The lowest BCUT2D eigenvalue weighted by Gasteiger charge is -2.31. The Kier molecular flexibility index (Phi) is 4.79. The van der Waals surface area contributed by atoms with E-state index in [0.29, 0.717) is 6.04 Å². The first-order valence-corrected chi connectivity index (χ1v) is 8.75. The fourth-order valence-electron chi connectivity index (χ4n) is 3.34. The van der Waals surface area contributed by atoms with Gasteiger partial charge in [0.15, 0.2) is 0 Å². The van der Waals surface area contributed by atoms with Crippen LogP contribution < -0.4 is 5.32 Å². The average Bonchev–Trinajstić information content (AvgIpc) is 3.15. The monoisotopic (exact) mass is 336 g/mol. The molecule has 20 heavy (non-hydrogen) atoms. The molecule has 0 amide bonds. The summed E-state index contributed by atoms with van der Waals surface area (Å²) >= 11 is 3.51. The second-order valence-electron chi connectivity index (χ2n) is 6.40. The van der Waals surface area contributed by atoms with E-state index in [1.54, 1.807) is 0 Å². The molecule has 3 rings (SSSR count). The number of rotatable bonds is 6. The summed E-state index contributed by atoms with van der Waals surface area (Å²) in [5.41, 5.74) is 1.45. The minimum atomic E-state index is 0.645. The van der Waals surface area contributed by atoms with E-state index < -0.39 is 0 Å². The van der Waals surface area contributed by atoms with Crippen LogP contribution in [0, 0.1) is 0 Å². The first-order chi connectivity index (χ1) is 9.72. The Morgan fingerprint density at radius 1 is 1.25 bits per heavy atom. The van der Waals surface area contributed by atoms with Crippen molar-refractivity contribution in [2.75, 3.05) is 13.1 Å². The van der Waals surface area contributed by atoms with Crippen molar-refractivity contribution < 1.29 is 0 Å². The second kappa shape index (κ2) is 6.59. The molecule has 1 aromatic rings. The Bertz CT molecular complexity index is 421. The number of hydrogen-bond acceptors (Lipinski definition) is 2. The Morgan fingerprint density at radius 3 is 2.60 bits per heavy atom. The van der Waals surface area contributed by atoms with Gasteiger partial charge in [-0.2, -0.15) is 0 Å². The zero-order valence-electron chi connectivity index (χ0n) is 12.3. The summed E-state index contributed by atoms with van der Waals surface area (Å²) in [7, 11) is 0. The van der Waals surface area contributed by atoms with Crippen molar-refractivity contribution in [1.82, 2.24) is 10.2 Å². The van der Waals surface area contributed by atoms with Gasteiger partial charge in [-0.1, -0.05) is 28.1 Å². The van der Waals surface area contributed by atoms with Gasteiger partial charge < -0.3 is 5.32 Å². The third-order valence-electron chi connectivity index (χ3n) is 4.62. The Hall–Kier alpha value is -0.380. The molecule has 0 radical (unpaired) electrons. The van der Waals surface area contributed by atoms with Crippen LogP contribution >= 0.6 is 15.9 Å². The summed E-state index contributed by atoms with van der Waals surface area (Å²) in [4.78, 5) is 2.75. The molecule has 2 unspecified atom stereocenters. The Balaban J connectivity index is 1.59. The van der Waals surface area contributed by atoms with Crippen LogP contribution in [0.1, 0.15) is 38.2 Å². The van der Waals surface area contributed by atoms with Crippen molar-refractivity contribution in [3.63, 3.8) is 0 Å². The zero-order valence-corrected chi connectivity index (χ0v) is 13.9. The molecule has 1 saturated heterocycles. The third-order valence-corrected chi connectivity index (χ3v) is 5.15. The van der Waals surface area contributed by atoms with Gasteiger partial charge in [0.25, 0.3) is 0 Å². The van der Waals surface area contributed by atoms with Crippen molar-refractivity contribution in [2.24, 2.45) is 0 Å². The van der Waals surface area contributed by atoms with Crippen LogP contribution in [-0.4, -0.2) is 36.1 Å². The Morgan fingerprint density at radius 2 is 2.00 bits per heavy atom. The van der Waals surface area contributed by atoms with Gasteiger partial charge in [0.1, 0.15) is 0 Å². The maximum atomic E-state index is 3.65. The van der Waals surface area contributed by atoms with Gasteiger partial charge in [0.05, 0.1) is 0 Å². The van der Waals surface area contributed by atoms with Crippen molar-refractivity contribution >= 4 is 15.9 Å². The van der Waals surface area contributed by atoms with Gasteiger partial charge in [-0.05, 0) is 63.3 Å². The molecular weight excluding hydrogens is 312 g/mol. The van der Waals surface area contributed by atoms with Gasteiger partial charge in [-0.25, -0.2) is 0 Å². The van der Waals surface area contributed by atoms with E-state index in [-0.39, 0.29) is 0 Å². The first kappa shape index (κ1) is 14.6.